The molecule has 33 heavy (non-hydrogen) atoms. The summed E-state index contributed by atoms with van der Waals surface area (Å²) in [5.41, 5.74) is 2.37. The molecule has 170 valence electrons. The number of likely N-dealkylation sites (tertiary alicyclic amines) is 1. The number of anilines is 1. The number of allylic oxidation sites excluding steroid dienone is 2. The fourth-order valence-electron chi connectivity index (χ4n) is 4.40. The quantitative estimate of drug-likeness (QED) is 0.401. The summed E-state index contributed by atoms with van der Waals surface area (Å²) in [6, 6.07) is 15.3. The first kappa shape index (κ1) is 22.5. The van der Waals surface area contributed by atoms with Gasteiger partial charge < -0.3 is 10.1 Å². The summed E-state index contributed by atoms with van der Waals surface area (Å²) in [6.45, 7) is 1.39. The van der Waals surface area contributed by atoms with Gasteiger partial charge in [-0.1, -0.05) is 54.6 Å². The molecular weight excluding hydrogens is 420 g/mol. The topological polar surface area (TPSA) is 92.8 Å². The van der Waals surface area contributed by atoms with Gasteiger partial charge in [0.2, 0.25) is 11.8 Å². The molecule has 2 aromatic carbocycles. The third kappa shape index (κ3) is 5.03. The number of fused-ring (bicyclic) bond motifs is 1. The van der Waals surface area contributed by atoms with Crippen LogP contribution < -0.4 is 5.32 Å². The Bertz CT molecular complexity index is 1070. The number of amides is 3. The highest BCUT2D eigenvalue weighted by Crippen LogP contribution is 2.36. The normalized spacial score (nSPS) is 20.3. The number of hydrogen-bond acceptors (Lipinski definition) is 5. The molecule has 1 N–H and O–H groups in total. The van der Waals surface area contributed by atoms with E-state index in [4.69, 9.17) is 4.74 Å². The van der Waals surface area contributed by atoms with Gasteiger partial charge in [-0.3, -0.25) is 19.3 Å². The zero-order valence-corrected chi connectivity index (χ0v) is 18.4. The minimum Gasteiger partial charge on any atom is -0.454 e. The Kier molecular flexibility index (Phi) is 6.68. The molecule has 2 aromatic rings. The second-order valence-electron chi connectivity index (χ2n) is 8.43. The Morgan fingerprint density at radius 1 is 1.00 bits per heavy atom. The molecule has 2 aliphatic rings. The standard InChI is InChI=1S/C26H26N2O5/c1-17-8-7-11-19(14-17)27-23(29)16-33-26(32)22(15-18-9-3-2-4-10-18)28-24(30)20-12-5-6-13-21(20)25(28)31/h2-11,14,20-22H,12-13,15-16H2,1H3,(H,27,29)/t20-,21+,22-/m1/s1. The largest absolute Gasteiger partial charge is 0.454 e. The van der Waals surface area contributed by atoms with Crippen LogP contribution in [0.5, 0.6) is 0 Å². The third-order valence-corrected chi connectivity index (χ3v) is 6.04. The van der Waals surface area contributed by atoms with E-state index in [1.165, 1.54) is 0 Å². The molecule has 1 aliphatic carbocycles. The molecule has 3 amide bonds. The molecule has 7 nitrogen and oxygen atoms in total. The first-order chi connectivity index (χ1) is 15.9. The van der Waals surface area contributed by atoms with Crippen LogP contribution in [0.3, 0.4) is 0 Å². The van der Waals surface area contributed by atoms with Gasteiger partial charge in [0, 0.05) is 12.1 Å². The van der Waals surface area contributed by atoms with Gasteiger partial charge in [0.15, 0.2) is 6.61 Å². The van der Waals surface area contributed by atoms with Crippen LogP contribution >= 0.6 is 0 Å². The zero-order chi connectivity index (χ0) is 23.4. The van der Waals surface area contributed by atoms with Crippen molar-refractivity contribution in [2.24, 2.45) is 11.8 Å². The van der Waals surface area contributed by atoms with Gasteiger partial charge in [-0.05, 0) is 43.0 Å². The number of ether oxygens (including phenoxy) is 1. The molecule has 0 bridgehead atoms. The van der Waals surface area contributed by atoms with E-state index in [0.29, 0.717) is 18.5 Å². The van der Waals surface area contributed by atoms with Crippen LogP contribution in [-0.2, 0) is 30.3 Å². The van der Waals surface area contributed by atoms with E-state index >= 15 is 0 Å². The molecule has 0 saturated carbocycles. The minimum atomic E-state index is -1.12. The lowest BCUT2D eigenvalue weighted by atomic mass is 9.85. The number of nitrogens with one attached hydrogen (secondary N) is 1. The van der Waals surface area contributed by atoms with Crippen molar-refractivity contribution in [1.29, 1.82) is 0 Å². The van der Waals surface area contributed by atoms with Crippen molar-refractivity contribution < 1.29 is 23.9 Å². The van der Waals surface area contributed by atoms with E-state index in [1.54, 1.807) is 12.1 Å². The summed E-state index contributed by atoms with van der Waals surface area (Å²) in [5, 5.41) is 2.68. The van der Waals surface area contributed by atoms with E-state index in [0.717, 1.165) is 16.0 Å². The van der Waals surface area contributed by atoms with Crippen LogP contribution in [-0.4, -0.2) is 41.2 Å². The van der Waals surface area contributed by atoms with Gasteiger partial charge in [0.05, 0.1) is 11.8 Å². The van der Waals surface area contributed by atoms with Gasteiger partial charge in [0.1, 0.15) is 6.04 Å². The number of carbonyl (C=O) groups excluding carboxylic acids is 4. The Morgan fingerprint density at radius 3 is 2.30 bits per heavy atom. The number of nitrogens with zero attached hydrogens (tertiary/aromatic N) is 1. The van der Waals surface area contributed by atoms with Crippen molar-refractivity contribution in [2.75, 3.05) is 11.9 Å². The fraction of sp³-hybridized carbons (Fsp3) is 0.308. The van der Waals surface area contributed by atoms with Crippen LogP contribution in [0.2, 0.25) is 0 Å². The summed E-state index contributed by atoms with van der Waals surface area (Å²) in [4.78, 5) is 52.6. The smallest absolute Gasteiger partial charge is 0.330 e. The van der Waals surface area contributed by atoms with Gasteiger partial charge in [-0.25, -0.2) is 4.79 Å². The highest BCUT2D eigenvalue weighted by Gasteiger charge is 2.51. The predicted molar refractivity (Wildman–Crippen MR) is 122 cm³/mol. The summed E-state index contributed by atoms with van der Waals surface area (Å²) in [5.74, 6) is -2.86. The Balaban J connectivity index is 1.48. The molecule has 0 spiro atoms. The highest BCUT2D eigenvalue weighted by molar-refractivity contribution is 6.08. The second-order valence-corrected chi connectivity index (χ2v) is 8.43. The van der Waals surface area contributed by atoms with Crippen LogP contribution in [0.4, 0.5) is 5.69 Å². The van der Waals surface area contributed by atoms with E-state index in [2.05, 4.69) is 5.32 Å². The molecule has 1 saturated heterocycles. The molecule has 1 fully saturated rings. The predicted octanol–water partition coefficient (Wildman–Crippen LogP) is 3.04. The van der Waals surface area contributed by atoms with Crippen molar-refractivity contribution >= 4 is 29.4 Å². The average molecular weight is 447 g/mol. The van der Waals surface area contributed by atoms with E-state index in [1.807, 2.05) is 61.5 Å². The summed E-state index contributed by atoms with van der Waals surface area (Å²) in [6.07, 6.45) is 4.89. The molecule has 0 unspecified atom stereocenters. The third-order valence-electron chi connectivity index (χ3n) is 6.04. The number of esters is 1. The minimum absolute atomic E-state index is 0.128. The van der Waals surface area contributed by atoms with E-state index in [-0.39, 0.29) is 18.2 Å². The number of rotatable bonds is 7. The lowest BCUT2D eigenvalue weighted by molar-refractivity contribution is -0.159. The van der Waals surface area contributed by atoms with Crippen LogP contribution in [0.1, 0.15) is 24.0 Å². The van der Waals surface area contributed by atoms with E-state index < -0.39 is 36.4 Å². The fourth-order valence-corrected chi connectivity index (χ4v) is 4.40. The second kappa shape index (κ2) is 9.81. The first-order valence-corrected chi connectivity index (χ1v) is 11.0. The average Bonchev–Trinajstić information content (AvgIpc) is 3.07. The van der Waals surface area contributed by atoms with Crippen LogP contribution in [0, 0.1) is 18.8 Å². The Hall–Kier alpha value is -3.74. The van der Waals surface area contributed by atoms with Crippen molar-refractivity contribution in [2.45, 2.75) is 32.2 Å². The van der Waals surface area contributed by atoms with E-state index in [9.17, 15) is 19.2 Å². The molecule has 3 atom stereocenters. The molecular formula is C26H26N2O5. The number of benzene rings is 2. The first-order valence-electron chi connectivity index (χ1n) is 11.0. The highest BCUT2D eigenvalue weighted by atomic mass is 16.5. The lowest BCUT2D eigenvalue weighted by Gasteiger charge is -2.25. The number of imide groups is 1. The van der Waals surface area contributed by atoms with Gasteiger partial charge in [0.25, 0.3) is 5.91 Å². The zero-order valence-electron chi connectivity index (χ0n) is 18.4. The molecule has 7 heteroatoms. The van der Waals surface area contributed by atoms with Crippen LogP contribution in [0.15, 0.2) is 66.7 Å². The van der Waals surface area contributed by atoms with Gasteiger partial charge >= 0.3 is 5.97 Å². The molecule has 0 radical (unpaired) electrons. The maximum atomic E-state index is 13.1. The SMILES string of the molecule is Cc1cccc(NC(=O)COC(=O)[C@@H](Cc2ccccc2)N2C(=O)[C@H]3CC=CC[C@H]3C2=O)c1. The molecule has 1 aliphatic heterocycles. The molecule has 1 heterocycles. The Labute approximate surface area is 192 Å². The van der Waals surface area contributed by atoms with Crippen molar-refractivity contribution in [3.63, 3.8) is 0 Å². The van der Waals surface area contributed by atoms with Crippen molar-refractivity contribution in [1.82, 2.24) is 4.90 Å². The number of aryl methyl sites for hydroxylation is 1. The maximum Gasteiger partial charge on any atom is 0.330 e. The van der Waals surface area contributed by atoms with Gasteiger partial charge in [-0.2, -0.15) is 0 Å². The Morgan fingerprint density at radius 2 is 1.67 bits per heavy atom. The van der Waals surface area contributed by atoms with Gasteiger partial charge in [-0.15, -0.1) is 0 Å². The number of carbonyl (C=O) groups is 4. The number of hydrogen-bond donors (Lipinski definition) is 1. The molecule has 0 aromatic heterocycles. The summed E-state index contributed by atoms with van der Waals surface area (Å²) >= 11 is 0. The monoisotopic (exact) mass is 446 g/mol. The summed E-state index contributed by atoms with van der Waals surface area (Å²) < 4.78 is 5.29. The van der Waals surface area contributed by atoms with Crippen molar-refractivity contribution in [3.8, 4) is 0 Å². The summed E-state index contributed by atoms with van der Waals surface area (Å²) in [7, 11) is 0. The maximum absolute atomic E-state index is 13.1. The molecule has 4 rings (SSSR count). The lowest BCUT2D eigenvalue weighted by Crippen LogP contribution is -2.48. The van der Waals surface area contributed by atoms with Crippen LogP contribution in [0.25, 0.3) is 0 Å². The van der Waals surface area contributed by atoms with Crippen molar-refractivity contribution in [3.05, 3.63) is 77.9 Å².